The van der Waals surface area contributed by atoms with E-state index in [0.717, 1.165) is 24.8 Å². The van der Waals surface area contributed by atoms with E-state index in [1.807, 2.05) is 6.92 Å². The molecule has 0 saturated carbocycles. The van der Waals surface area contributed by atoms with Crippen LogP contribution in [-0.2, 0) is 4.79 Å². The molecule has 64 valence electrons. The molecule has 0 bridgehead atoms. The van der Waals surface area contributed by atoms with Crippen molar-refractivity contribution in [3.05, 3.63) is 11.1 Å². The molecule has 0 unspecified atom stereocenters. The smallest absolute Gasteiger partial charge is 0.331 e. The van der Waals surface area contributed by atoms with Crippen LogP contribution in [0.1, 0.15) is 40.0 Å². The second-order valence-corrected chi connectivity index (χ2v) is 2.64. The van der Waals surface area contributed by atoms with E-state index in [1.54, 1.807) is 6.92 Å². The summed E-state index contributed by atoms with van der Waals surface area (Å²) >= 11 is 0. The van der Waals surface area contributed by atoms with Gasteiger partial charge >= 0.3 is 5.97 Å². The second kappa shape index (κ2) is 4.94. The van der Waals surface area contributed by atoms with Gasteiger partial charge in [-0.1, -0.05) is 25.8 Å². The van der Waals surface area contributed by atoms with E-state index in [0.29, 0.717) is 5.57 Å². The normalized spacial score (nSPS) is 12.6. The molecule has 0 fully saturated rings. The van der Waals surface area contributed by atoms with Crippen LogP contribution in [-0.4, -0.2) is 11.1 Å². The van der Waals surface area contributed by atoms with Crippen molar-refractivity contribution in [3.63, 3.8) is 0 Å². The first kappa shape index (κ1) is 10.2. The van der Waals surface area contributed by atoms with Gasteiger partial charge in [-0.25, -0.2) is 4.79 Å². The van der Waals surface area contributed by atoms with Crippen LogP contribution in [0.4, 0.5) is 0 Å². The summed E-state index contributed by atoms with van der Waals surface area (Å²) in [7, 11) is 0. The van der Waals surface area contributed by atoms with Crippen molar-refractivity contribution < 1.29 is 9.90 Å². The van der Waals surface area contributed by atoms with Crippen molar-refractivity contribution in [1.29, 1.82) is 0 Å². The van der Waals surface area contributed by atoms with Gasteiger partial charge in [0.25, 0.3) is 0 Å². The van der Waals surface area contributed by atoms with Crippen LogP contribution < -0.4 is 0 Å². The number of rotatable bonds is 4. The van der Waals surface area contributed by atoms with Gasteiger partial charge < -0.3 is 5.11 Å². The van der Waals surface area contributed by atoms with Gasteiger partial charge in [0.1, 0.15) is 0 Å². The predicted molar refractivity (Wildman–Crippen MR) is 45.5 cm³/mol. The van der Waals surface area contributed by atoms with Gasteiger partial charge in [0.2, 0.25) is 0 Å². The van der Waals surface area contributed by atoms with Crippen molar-refractivity contribution in [2.75, 3.05) is 0 Å². The molecule has 0 aliphatic carbocycles. The van der Waals surface area contributed by atoms with Crippen LogP contribution in [0.25, 0.3) is 0 Å². The SMILES string of the molecule is CCCC(CC)=C(C)C(=O)O. The topological polar surface area (TPSA) is 37.3 Å². The van der Waals surface area contributed by atoms with Crippen molar-refractivity contribution in [2.24, 2.45) is 0 Å². The lowest BCUT2D eigenvalue weighted by atomic mass is 10.0. The number of carboxylic acid groups (broad SMARTS) is 1. The molecular formula is C9H16O2. The van der Waals surface area contributed by atoms with E-state index < -0.39 is 5.97 Å². The molecule has 0 aromatic carbocycles. The first-order valence-electron chi connectivity index (χ1n) is 4.05. The molecular weight excluding hydrogens is 140 g/mol. The van der Waals surface area contributed by atoms with Crippen LogP contribution in [0.2, 0.25) is 0 Å². The van der Waals surface area contributed by atoms with Crippen LogP contribution >= 0.6 is 0 Å². The number of carboxylic acids is 1. The summed E-state index contributed by atoms with van der Waals surface area (Å²) in [5.74, 6) is -0.782. The largest absolute Gasteiger partial charge is 0.478 e. The van der Waals surface area contributed by atoms with Crippen molar-refractivity contribution in [3.8, 4) is 0 Å². The maximum Gasteiger partial charge on any atom is 0.331 e. The molecule has 11 heavy (non-hydrogen) atoms. The minimum absolute atomic E-state index is 0.523. The molecule has 1 N–H and O–H groups in total. The van der Waals surface area contributed by atoms with Crippen LogP contribution in [0, 0.1) is 0 Å². The molecule has 0 aliphatic rings. The summed E-state index contributed by atoms with van der Waals surface area (Å²) in [4.78, 5) is 10.5. The predicted octanol–water partition coefficient (Wildman–Crippen LogP) is 2.60. The zero-order valence-corrected chi connectivity index (χ0v) is 7.48. The number of hydrogen-bond acceptors (Lipinski definition) is 1. The first-order chi connectivity index (χ1) is 5.13. The zero-order chi connectivity index (χ0) is 8.85. The Morgan fingerprint density at radius 1 is 1.36 bits per heavy atom. The average molecular weight is 156 g/mol. The molecule has 0 aliphatic heterocycles. The Hall–Kier alpha value is -0.790. The number of allylic oxidation sites excluding steroid dienone is 1. The summed E-state index contributed by atoms with van der Waals surface area (Å²) in [6, 6.07) is 0. The Labute approximate surface area is 67.9 Å². The molecule has 0 spiro atoms. The monoisotopic (exact) mass is 156 g/mol. The van der Waals surface area contributed by atoms with E-state index in [9.17, 15) is 4.79 Å². The van der Waals surface area contributed by atoms with Crippen LogP contribution in [0.3, 0.4) is 0 Å². The van der Waals surface area contributed by atoms with Gasteiger partial charge in [-0.15, -0.1) is 0 Å². The lowest BCUT2D eigenvalue weighted by molar-refractivity contribution is -0.132. The maximum atomic E-state index is 10.5. The molecule has 0 saturated heterocycles. The molecule has 0 aromatic rings. The summed E-state index contributed by atoms with van der Waals surface area (Å²) < 4.78 is 0. The van der Waals surface area contributed by atoms with E-state index in [-0.39, 0.29) is 0 Å². The highest BCUT2D eigenvalue weighted by Crippen LogP contribution is 2.14. The van der Waals surface area contributed by atoms with Crippen molar-refractivity contribution in [1.82, 2.24) is 0 Å². The Balaban J connectivity index is 4.39. The van der Waals surface area contributed by atoms with E-state index >= 15 is 0 Å². The summed E-state index contributed by atoms with van der Waals surface area (Å²) in [5, 5.41) is 8.65. The lowest BCUT2D eigenvalue weighted by Gasteiger charge is -2.04. The standard InChI is InChI=1S/C9H16O2/c1-4-6-8(5-2)7(3)9(10)11/h4-6H2,1-3H3,(H,10,11). The Bertz CT molecular complexity index is 168. The fourth-order valence-electron chi connectivity index (χ4n) is 1.08. The van der Waals surface area contributed by atoms with Gasteiger partial charge in [0, 0.05) is 5.57 Å². The van der Waals surface area contributed by atoms with Gasteiger partial charge in [-0.05, 0) is 19.8 Å². The molecule has 2 heteroatoms. The van der Waals surface area contributed by atoms with Crippen molar-refractivity contribution in [2.45, 2.75) is 40.0 Å². The molecule has 0 radical (unpaired) electrons. The Kier molecular flexibility index (Phi) is 4.59. The minimum atomic E-state index is -0.782. The third kappa shape index (κ3) is 3.21. The third-order valence-corrected chi connectivity index (χ3v) is 1.83. The zero-order valence-electron chi connectivity index (χ0n) is 7.48. The Morgan fingerprint density at radius 2 is 1.91 bits per heavy atom. The number of aliphatic carboxylic acids is 1. The van der Waals surface area contributed by atoms with Gasteiger partial charge in [0.15, 0.2) is 0 Å². The van der Waals surface area contributed by atoms with Gasteiger partial charge in [0.05, 0.1) is 0 Å². The summed E-state index contributed by atoms with van der Waals surface area (Å²) in [6.45, 7) is 5.74. The second-order valence-electron chi connectivity index (χ2n) is 2.64. The highest BCUT2D eigenvalue weighted by molar-refractivity contribution is 5.86. The highest BCUT2D eigenvalue weighted by Gasteiger charge is 2.05. The number of hydrogen-bond donors (Lipinski definition) is 1. The molecule has 0 atom stereocenters. The van der Waals surface area contributed by atoms with Gasteiger partial charge in [-0.2, -0.15) is 0 Å². The Morgan fingerprint density at radius 3 is 2.18 bits per heavy atom. The molecule has 0 rings (SSSR count). The summed E-state index contributed by atoms with van der Waals surface area (Å²) in [5.41, 5.74) is 1.59. The maximum absolute atomic E-state index is 10.5. The minimum Gasteiger partial charge on any atom is -0.478 e. The summed E-state index contributed by atoms with van der Waals surface area (Å²) in [6.07, 6.45) is 2.79. The molecule has 0 heterocycles. The third-order valence-electron chi connectivity index (χ3n) is 1.83. The van der Waals surface area contributed by atoms with Gasteiger partial charge in [-0.3, -0.25) is 0 Å². The van der Waals surface area contributed by atoms with E-state index in [4.69, 9.17) is 5.11 Å². The first-order valence-corrected chi connectivity index (χ1v) is 4.05. The molecule has 2 nitrogen and oxygen atoms in total. The van der Waals surface area contributed by atoms with Crippen molar-refractivity contribution >= 4 is 5.97 Å². The fourth-order valence-corrected chi connectivity index (χ4v) is 1.08. The fraction of sp³-hybridized carbons (Fsp3) is 0.667. The molecule has 0 amide bonds. The molecule has 0 aromatic heterocycles. The van der Waals surface area contributed by atoms with Crippen LogP contribution in [0.15, 0.2) is 11.1 Å². The lowest BCUT2D eigenvalue weighted by Crippen LogP contribution is -2.00. The quantitative estimate of drug-likeness (QED) is 0.635. The number of carbonyl (C=O) groups is 1. The highest BCUT2D eigenvalue weighted by atomic mass is 16.4. The van der Waals surface area contributed by atoms with E-state index in [1.165, 1.54) is 0 Å². The average Bonchev–Trinajstić information content (AvgIpc) is 1.98. The van der Waals surface area contributed by atoms with Crippen LogP contribution in [0.5, 0.6) is 0 Å². The van der Waals surface area contributed by atoms with E-state index in [2.05, 4.69) is 6.92 Å².